The van der Waals surface area contributed by atoms with Crippen molar-refractivity contribution in [3.8, 4) is 0 Å². The van der Waals surface area contributed by atoms with Crippen molar-refractivity contribution in [1.29, 1.82) is 0 Å². The summed E-state index contributed by atoms with van der Waals surface area (Å²) in [6.45, 7) is 0. The molecule has 9 heavy (non-hydrogen) atoms. The predicted octanol–water partition coefficient (Wildman–Crippen LogP) is 0.773. The molecule has 0 amide bonds. The van der Waals surface area contributed by atoms with E-state index in [4.69, 9.17) is 17.3 Å². The first kappa shape index (κ1) is 6.42. The van der Waals surface area contributed by atoms with Gasteiger partial charge in [0.2, 0.25) is 0 Å². The summed E-state index contributed by atoms with van der Waals surface area (Å²) in [5, 5.41) is 6.48. The first-order chi connectivity index (χ1) is 4.34. The molecule has 0 fully saturated rings. The van der Waals surface area contributed by atoms with Gasteiger partial charge in [0.25, 0.3) is 0 Å². The number of nitrogen functional groups attached to an aromatic ring is 1. The molecule has 0 aliphatic rings. The van der Waals surface area contributed by atoms with Gasteiger partial charge in [-0.15, -0.1) is 11.6 Å². The molecule has 0 bridgehead atoms. The lowest BCUT2D eigenvalue weighted by Gasteiger charge is -1.90. The van der Waals surface area contributed by atoms with Crippen molar-refractivity contribution in [1.82, 2.24) is 10.2 Å². The van der Waals surface area contributed by atoms with Gasteiger partial charge >= 0.3 is 0 Å². The highest BCUT2D eigenvalue weighted by Crippen LogP contribution is 2.06. The van der Waals surface area contributed by atoms with E-state index < -0.39 is 0 Å². The van der Waals surface area contributed by atoms with Crippen molar-refractivity contribution in [2.24, 2.45) is 0 Å². The van der Waals surface area contributed by atoms with Crippen LogP contribution < -0.4 is 5.73 Å². The normalized spacial score (nSPS) is 9.89. The van der Waals surface area contributed by atoms with Crippen LogP contribution in [0.25, 0.3) is 0 Å². The molecule has 4 heteroatoms. The molecule has 0 aromatic carbocycles. The van der Waals surface area contributed by atoms with Crippen LogP contribution in [-0.4, -0.2) is 16.1 Å². The van der Waals surface area contributed by atoms with E-state index in [1.807, 2.05) is 0 Å². The number of hydrogen-bond donors (Lipinski definition) is 2. The molecule has 1 heterocycles. The fraction of sp³-hybridized carbons (Fsp3) is 0.400. The third-order valence-corrected chi connectivity index (χ3v) is 1.29. The first-order valence-electron chi connectivity index (χ1n) is 2.68. The Morgan fingerprint density at radius 3 is 3.00 bits per heavy atom. The number of aromatic amines is 1. The Hall–Kier alpha value is -0.700. The minimum absolute atomic E-state index is 0.576. The fourth-order valence-corrected chi connectivity index (χ4v) is 0.806. The quantitative estimate of drug-likeness (QED) is 0.605. The van der Waals surface area contributed by atoms with Gasteiger partial charge in [0.05, 0.1) is 17.6 Å². The van der Waals surface area contributed by atoms with Crippen molar-refractivity contribution in [2.45, 2.75) is 6.42 Å². The van der Waals surface area contributed by atoms with E-state index >= 15 is 0 Å². The highest BCUT2D eigenvalue weighted by atomic mass is 35.5. The Labute approximate surface area is 58.2 Å². The second-order valence-corrected chi connectivity index (χ2v) is 2.12. The van der Waals surface area contributed by atoms with Crippen molar-refractivity contribution < 1.29 is 0 Å². The SMILES string of the molecule is Nc1cn[nH]c1CCCl. The highest BCUT2D eigenvalue weighted by Gasteiger charge is 1.97. The molecular formula is C5H8ClN3. The van der Waals surface area contributed by atoms with Gasteiger partial charge in [0.15, 0.2) is 0 Å². The van der Waals surface area contributed by atoms with Crippen molar-refractivity contribution in [2.75, 3.05) is 11.6 Å². The van der Waals surface area contributed by atoms with Gasteiger partial charge in [-0.1, -0.05) is 0 Å². The second kappa shape index (κ2) is 2.73. The largest absolute Gasteiger partial charge is 0.396 e. The lowest BCUT2D eigenvalue weighted by Crippen LogP contribution is -1.92. The summed E-state index contributed by atoms with van der Waals surface area (Å²) < 4.78 is 0. The maximum Gasteiger partial charge on any atom is 0.0730 e. The second-order valence-electron chi connectivity index (χ2n) is 1.74. The molecule has 0 unspecified atom stereocenters. The molecule has 0 spiro atoms. The summed E-state index contributed by atoms with van der Waals surface area (Å²) in [5.41, 5.74) is 7.09. The smallest absolute Gasteiger partial charge is 0.0730 e. The van der Waals surface area contributed by atoms with Crippen LogP contribution in [0.1, 0.15) is 5.69 Å². The molecular weight excluding hydrogens is 138 g/mol. The van der Waals surface area contributed by atoms with Crippen LogP contribution in [0.5, 0.6) is 0 Å². The van der Waals surface area contributed by atoms with E-state index in [9.17, 15) is 0 Å². The zero-order valence-corrected chi connectivity index (χ0v) is 5.65. The number of nitrogens with one attached hydrogen (secondary N) is 1. The van der Waals surface area contributed by atoms with Crippen molar-refractivity contribution >= 4 is 17.3 Å². The van der Waals surface area contributed by atoms with Crippen LogP contribution in [0.4, 0.5) is 5.69 Å². The van der Waals surface area contributed by atoms with E-state index in [-0.39, 0.29) is 0 Å². The lowest BCUT2D eigenvalue weighted by atomic mass is 10.3. The number of hydrogen-bond acceptors (Lipinski definition) is 2. The predicted molar refractivity (Wildman–Crippen MR) is 37.4 cm³/mol. The van der Waals surface area contributed by atoms with Gasteiger partial charge in [-0.05, 0) is 0 Å². The average molecular weight is 146 g/mol. The van der Waals surface area contributed by atoms with E-state index in [0.29, 0.717) is 11.6 Å². The van der Waals surface area contributed by atoms with Gasteiger partial charge < -0.3 is 5.73 Å². The third-order valence-electron chi connectivity index (χ3n) is 1.10. The zero-order valence-electron chi connectivity index (χ0n) is 4.89. The number of rotatable bonds is 2. The third kappa shape index (κ3) is 1.36. The summed E-state index contributed by atoms with van der Waals surface area (Å²) in [7, 11) is 0. The number of alkyl halides is 1. The van der Waals surface area contributed by atoms with Crippen LogP contribution in [-0.2, 0) is 6.42 Å². The van der Waals surface area contributed by atoms with Crippen LogP contribution in [0, 0.1) is 0 Å². The molecule has 0 aliphatic carbocycles. The standard InChI is InChI=1S/C5H8ClN3/c6-2-1-5-4(7)3-8-9-5/h3H,1-2,7H2,(H,8,9). The number of H-pyrrole nitrogens is 1. The number of aromatic nitrogens is 2. The molecule has 0 atom stereocenters. The summed E-state index contributed by atoms with van der Waals surface area (Å²) in [4.78, 5) is 0. The Balaban J connectivity index is 2.69. The lowest BCUT2D eigenvalue weighted by molar-refractivity contribution is 0.980. The van der Waals surface area contributed by atoms with E-state index in [1.165, 1.54) is 0 Å². The molecule has 1 rings (SSSR count). The van der Waals surface area contributed by atoms with Crippen molar-refractivity contribution in [3.05, 3.63) is 11.9 Å². The monoisotopic (exact) mass is 145 g/mol. The van der Waals surface area contributed by atoms with Gasteiger partial charge in [-0.25, -0.2) is 0 Å². The summed E-state index contributed by atoms with van der Waals surface area (Å²) in [6, 6.07) is 0. The fourth-order valence-electron chi connectivity index (χ4n) is 0.617. The van der Waals surface area contributed by atoms with Crippen molar-refractivity contribution in [3.63, 3.8) is 0 Å². The first-order valence-corrected chi connectivity index (χ1v) is 3.21. The Bertz CT molecular complexity index is 184. The molecule has 1 aromatic rings. The Morgan fingerprint density at radius 1 is 1.78 bits per heavy atom. The summed E-state index contributed by atoms with van der Waals surface area (Å²) >= 11 is 5.46. The summed E-state index contributed by atoms with van der Waals surface area (Å²) in [5.74, 6) is 0.576. The number of aryl methyl sites for hydroxylation is 1. The molecule has 1 aromatic heterocycles. The number of nitrogens with two attached hydrogens (primary N) is 1. The van der Waals surface area contributed by atoms with Crippen LogP contribution in [0.2, 0.25) is 0 Å². The molecule has 0 radical (unpaired) electrons. The number of halogens is 1. The van der Waals surface area contributed by atoms with E-state index in [2.05, 4.69) is 10.2 Å². The molecule has 0 aliphatic heterocycles. The minimum atomic E-state index is 0.576. The average Bonchev–Trinajstić information content (AvgIpc) is 2.18. The van der Waals surface area contributed by atoms with Gasteiger partial charge in [-0.3, -0.25) is 5.10 Å². The van der Waals surface area contributed by atoms with Crippen LogP contribution in [0.3, 0.4) is 0 Å². The topological polar surface area (TPSA) is 54.7 Å². The maximum absolute atomic E-state index is 5.47. The molecule has 3 nitrogen and oxygen atoms in total. The minimum Gasteiger partial charge on any atom is -0.396 e. The Kier molecular flexibility index (Phi) is 1.95. The van der Waals surface area contributed by atoms with Crippen LogP contribution in [0.15, 0.2) is 6.20 Å². The van der Waals surface area contributed by atoms with E-state index in [1.54, 1.807) is 6.20 Å². The highest BCUT2D eigenvalue weighted by molar-refractivity contribution is 6.18. The molecule has 0 saturated carbocycles. The molecule has 50 valence electrons. The van der Waals surface area contributed by atoms with E-state index in [0.717, 1.165) is 12.1 Å². The van der Waals surface area contributed by atoms with Gasteiger partial charge in [0, 0.05) is 12.3 Å². The molecule has 0 saturated heterocycles. The Morgan fingerprint density at radius 2 is 2.56 bits per heavy atom. The number of anilines is 1. The number of nitrogens with zero attached hydrogens (tertiary/aromatic N) is 1. The van der Waals surface area contributed by atoms with Crippen LogP contribution >= 0.6 is 11.6 Å². The van der Waals surface area contributed by atoms with Gasteiger partial charge in [-0.2, -0.15) is 5.10 Å². The molecule has 3 N–H and O–H groups in total. The summed E-state index contributed by atoms with van der Waals surface area (Å²) in [6.07, 6.45) is 2.34. The maximum atomic E-state index is 5.47. The zero-order chi connectivity index (χ0) is 6.69. The van der Waals surface area contributed by atoms with Gasteiger partial charge in [0.1, 0.15) is 0 Å².